The minimum absolute atomic E-state index is 0.0432. The summed E-state index contributed by atoms with van der Waals surface area (Å²) in [5.41, 5.74) is -0.155. The minimum atomic E-state index is -0.835. The molecule has 102 valence electrons. The number of rotatable bonds is 3. The molecule has 1 fully saturated rings. The van der Waals surface area contributed by atoms with E-state index in [4.69, 9.17) is 4.74 Å². The van der Waals surface area contributed by atoms with Gasteiger partial charge < -0.3 is 15.0 Å². The predicted molar refractivity (Wildman–Crippen MR) is 72.2 cm³/mol. The second-order valence-corrected chi connectivity index (χ2v) is 4.83. The van der Waals surface area contributed by atoms with E-state index in [0.29, 0.717) is 17.9 Å². The van der Waals surface area contributed by atoms with Crippen molar-refractivity contribution in [2.45, 2.75) is 25.8 Å². The standard InChI is InChI=1S/C14H18N2O3/c1-4-14(2)13(18)16(9-12(17)15-14)10-6-5-7-11(8-10)19-3/h5-8H,4,9H2,1-3H3,(H,15,17). The molecule has 0 bridgehead atoms. The molecule has 1 saturated heterocycles. The van der Waals surface area contributed by atoms with Crippen molar-refractivity contribution in [3.05, 3.63) is 24.3 Å². The fourth-order valence-electron chi connectivity index (χ4n) is 2.14. The van der Waals surface area contributed by atoms with Crippen LogP contribution in [0.4, 0.5) is 5.69 Å². The predicted octanol–water partition coefficient (Wildman–Crippen LogP) is 1.33. The Hall–Kier alpha value is -2.04. The molecule has 2 amide bonds. The van der Waals surface area contributed by atoms with Crippen LogP contribution in [-0.2, 0) is 9.59 Å². The molecule has 5 nitrogen and oxygen atoms in total. The Balaban J connectivity index is 2.37. The van der Waals surface area contributed by atoms with Gasteiger partial charge in [-0.2, -0.15) is 0 Å². The summed E-state index contributed by atoms with van der Waals surface area (Å²) in [6, 6.07) is 7.16. The van der Waals surface area contributed by atoms with Gasteiger partial charge in [-0.1, -0.05) is 13.0 Å². The first-order valence-corrected chi connectivity index (χ1v) is 6.27. The molecule has 1 aromatic carbocycles. The first kappa shape index (κ1) is 13.4. The van der Waals surface area contributed by atoms with E-state index in [2.05, 4.69) is 5.32 Å². The summed E-state index contributed by atoms with van der Waals surface area (Å²) in [5.74, 6) is 0.420. The summed E-state index contributed by atoms with van der Waals surface area (Å²) < 4.78 is 5.15. The van der Waals surface area contributed by atoms with Crippen molar-refractivity contribution in [1.82, 2.24) is 5.32 Å². The average molecular weight is 262 g/mol. The fraction of sp³-hybridized carbons (Fsp3) is 0.429. The number of carbonyl (C=O) groups excluding carboxylic acids is 2. The lowest BCUT2D eigenvalue weighted by Crippen LogP contribution is -2.65. The lowest BCUT2D eigenvalue weighted by atomic mass is 9.94. The third-order valence-electron chi connectivity index (χ3n) is 3.51. The van der Waals surface area contributed by atoms with Gasteiger partial charge in [0.25, 0.3) is 5.91 Å². The fourth-order valence-corrected chi connectivity index (χ4v) is 2.14. The largest absolute Gasteiger partial charge is 0.497 e. The van der Waals surface area contributed by atoms with Crippen LogP contribution in [0.25, 0.3) is 0 Å². The van der Waals surface area contributed by atoms with Gasteiger partial charge in [-0.05, 0) is 25.5 Å². The molecule has 1 N–H and O–H groups in total. The Morgan fingerprint density at radius 3 is 2.79 bits per heavy atom. The molecule has 1 atom stereocenters. The van der Waals surface area contributed by atoms with Crippen molar-refractivity contribution in [2.24, 2.45) is 0 Å². The second kappa shape index (κ2) is 4.91. The summed E-state index contributed by atoms with van der Waals surface area (Å²) in [4.78, 5) is 25.8. The molecule has 0 aromatic heterocycles. The van der Waals surface area contributed by atoms with E-state index in [1.165, 1.54) is 4.90 Å². The summed E-state index contributed by atoms with van der Waals surface area (Å²) in [6.45, 7) is 3.68. The van der Waals surface area contributed by atoms with Crippen LogP contribution in [0.15, 0.2) is 24.3 Å². The number of methoxy groups -OCH3 is 1. The number of nitrogens with zero attached hydrogens (tertiary/aromatic N) is 1. The van der Waals surface area contributed by atoms with Gasteiger partial charge in [0.15, 0.2) is 0 Å². The lowest BCUT2D eigenvalue weighted by molar-refractivity contribution is -0.135. The molecule has 0 saturated carbocycles. The minimum Gasteiger partial charge on any atom is -0.497 e. The Morgan fingerprint density at radius 1 is 1.42 bits per heavy atom. The number of nitrogens with one attached hydrogen (secondary N) is 1. The number of piperazine rings is 1. The van der Waals surface area contributed by atoms with Gasteiger partial charge in [-0.15, -0.1) is 0 Å². The van der Waals surface area contributed by atoms with Gasteiger partial charge in [0.2, 0.25) is 5.91 Å². The molecule has 1 aliphatic heterocycles. The molecule has 1 heterocycles. The zero-order valence-electron chi connectivity index (χ0n) is 11.4. The third kappa shape index (κ3) is 2.41. The maximum absolute atomic E-state index is 12.5. The molecule has 2 rings (SSSR count). The molecule has 5 heteroatoms. The SMILES string of the molecule is CCC1(C)NC(=O)CN(c2cccc(OC)c2)C1=O. The highest BCUT2D eigenvalue weighted by molar-refractivity contribution is 6.08. The summed E-state index contributed by atoms with van der Waals surface area (Å²) in [5, 5.41) is 2.76. The van der Waals surface area contributed by atoms with Crippen LogP contribution in [0.5, 0.6) is 5.75 Å². The van der Waals surface area contributed by atoms with Crippen molar-refractivity contribution < 1.29 is 14.3 Å². The first-order valence-electron chi connectivity index (χ1n) is 6.27. The van der Waals surface area contributed by atoms with Gasteiger partial charge >= 0.3 is 0 Å². The monoisotopic (exact) mass is 262 g/mol. The molecule has 0 aliphatic carbocycles. The molecular formula is C14H18N2O3. The molecular weight excluding hydrogens is 244 g/mol. The smallest absolute Gasteiger partial charge is 0.252 e. The molecule has 1 unspecified atom stereocenters. The zero-order valence-corrected chi connectivity index (χ0v) is 11.4. The Bertz CT molecular complexity index is 515. The van der Waals surface area contributed by atoms with Crippen LogP contribution in [-0.4, -0.2) is 31.0 Å². The van der Waals surface area contributed by atoms with E-state index in [1.54, 1.807) is 38.3 Å². The molecule has 0 spiro atoms. The zero-order chi connectivity index (χ0) is 14.0. The quantitative estimate of drug-likeness (QED) is 0.894. The Labute approximate surface area is 112 Å². The van der Waals surface area contributed by atoms with Crippen molar-refractivity contribution in [3.63, 3.8) is 0 Å². The summed E-state index contributed by atoms with van der Waals surface area (Å²) in [6.07, 6.45) is 0.554. The highest BCUT2D eigenvalue weighted by atomic mass is 16.5. The second-order valence-electron chi connectivity index (χ2n) is 4.83. The van der Waals surface area contributed by atoms with Gasteiger partial charge in [0.05, 0.1) is 7.11 Å². The van der Waals surface area contributed by atoms with E-state index in [0.717, 1.165) is 0 Å². The van der Waals surface area contributed by atoms with E-state index < -0.39 is 5.54 Å². The van der Waals surface area contributed by atoms with Crippen LogP contribution >= 0.6 is 0 Å². The Kier molecular flexibility index (Phi) is 3.46. The van der Waals surface area contributed by atoms with Gasteiger partial charge in [-0.3, -0.25) is 9.59 Å². The number of ether oxygens (including phenoxy) is 1. The highest BCUT2D eigenvalue weighted by Crippen LogP contribution is 2.26. The first-order chi connectivity index (χ1) is 9.00. The van der Waals surface area contributed by atoms with E-state index in [1.807, 2.05) is 6.92 Å². The Morgan fingerprint density at radius 2 is 2.16 bits per heavy atom. The molecule has 1 aliphatic rings. The lowest BCUT2D eigenvalue weighted by Gasteiger charge is -2.39. The van der Waals surface area contributed by atoms with Crippen LogP contribution in [0.2, 0.25) is 0 Å². The summed E-state index contributed by atoms with van der Waals surface area (Å²) >= 11 is 0. The van der Waals surface area contributed by atoms with Crippen molar-refractivity contribution in [3.8, 4) is 5.75 Å². The number of carbonyl (C=O) groups is 2. The van der Waals surface area contributed by atoms with Crippen LogP contribution in [0.1, 0.15) is 20.3 Å². The van der Waals surface area contributed by atoms with Crippen molar-refractivity contribution in [2.75, 3.05) is 18.6 Å². The topological polar surface area (TPSA) is 58.6 Å². The van der Waals surface area contributed by atoms with E-state index in [9.17, 15) is 9.59 Å². The molecule has 0 radical (unpaired) electrons. The van der Waals surface area contributed by atoms with Crippen molar-refractivity contribution >= 4 is 17.5 Å². The number of benzene rings is 1. The van der Waals surface area contributed by atoms with Gasteiger partial charge in [0, 0.05) is 11.8 Å². The number of hydrogen-bond donors (Lipinski definition) is 1. The van der Waals surface area contributed by atoms with Gasteiger partial charge in [0.1, 0.15) is 17.8 Å². The van der Waals surface area contributed by atoms with Crippen LogP contribution in [0.3, 0.4) is 0 Å². The number of hydrogen-bond acceptors (Lipinski definition) is 3. The highest BCUT2D eigenvalue weighted by Gasteiger charge is 2.42. The van der Waals surface area contributed by atoms with E-state index in [-0.39, 0.29) is 18.4 Å². The van der Waals surface area contributed by atoms with Crippen LogP contribution in [0, 0.1) is 0 Å². The van der Waals surface area contributed by atoms with Crippen molar-refractivity contribution in [1.29, 1.82) is 0 Å². The molecule has 19 heavy (non-hydrogen) atoms. The number of anilines is 1. The third-order valence-corrected chi connectivity index (χ3v) is 3.51. The van der Waals surface area contributed by atoms with Gasteiger partial charge in [-0.25, -0.2) is 0 Å². The average Bonchev–Trinajstić information content (AvgIpc) is 2.43. The summed E-state index contributed by atoms with van der Waals surface area (Å²) in [7, 11) is 1.57. The number of amides is 2. The molecule has 1 aromatic rings. The maximum atomic E-state index is 12.5. The normalized spacial score (nSPS) is 23.2. The van der Waals surface area contributed by atoms with E-state index >= 15 is 0 Å². The van der Waals surface area contributed by atoms with Crippen LogP contribution < -0.4 is 15.0 Å². The maximum Gasteiger partial charge on any atom is 0.252 e.